The SMILES string of the molecule is Cc1cc(C)c(C(C)NC(=O)COc2ccc(S(=O)(=O)Nc3ccccc3C)cc2)cc1C. The number of benzene rings is 3. The molecule has 0 aliphatic carbocycles. The van der Waals surface area contributed by atoms with Crippen molar-refractivity contribution in [1.82, 2.24) is 5.32 Å². The molecule has 174 valence electrons. The molecule has 1 amide bonds. The summed E-state index contributed by atoms with van der Waals surface area (Å²) in [5, 5.41) is 2.95. The fraction of sp³-hybridized carbons (Fsp3) is 0.269. The zero-order valence-electron chi connectivity index (χ0n) is 19.6. The lowest BCUT2D eigenvalue weighted by atomic mass is 9.96. The quantitative estimate of drug-likeness (QED) is 0.491. The predicted molar refractivity (Wildman–Crippen MR) is 131 cm³/mol. The molecule has 7 heteroatoms. The van der Waals surface area contributed by atoms with Crippen LogP contribution in [0.4, 0.5) is 5.69 Å². The summed E-state index contributed by atoms with van der Waals surface area (Å²) in [6, 6.07) is 17.2. The summed E-state index contributed by atoms with van der Waals surface area (Å²) in [5.41, 5.74) is 5.96. The summed E-state index contributed by atoms with van der Waals surface area (Å²) < 4.78 is 33.4. The predicted octanol–water partition coefficient (Wildman–Crippen LogP) is 4.98. The molecule has 3 aromatic rings. The molecule has 0 aliphatic heterocycles. The van der Waals surface area contributed by atoms with Crippen LogP contribution in [0.2, 0.25) is 0 Å². The van der Waals surface area contributed by atoms with Crippen LogP contribution in [0.3, 0.4) is 0 Å². The molecule has 0 aromatic heterocycles. The van der Waals surface area contributed by atoms with E-state index < -0.39 is 10.0 Å². The third kappa shape index (κ3) is 6.14. The molecule has 6 nitrogen and oxygen atoms in total. The average Bonchev–Trinajstić information content (AvgIpc) is 2.76. The van der Waals surface area contributed by atoms with Crippen LogP contribution in [-0.4, -0.2) is 20.9 Å². The van der Waals surface area contributed by atoms with Crippen molar-refractivity contribution in [3.8, 4) is 5.75 Å². The van der Waals surface area contributed by atoms with Crippen molar-refractivity contribution in [2.24, 2.45) is 0 Å². The third-order valence-electron chi connectivity index (χ3n) is 5.62. The number of hydrogen-bond acceptors (Lipinski definition) is 4. The zero-order chi connectivity index (χ0) is 24.2. The highest BCUT2D eigenvalue weighted by molar-refractivity contribution is 7.92. The van der Waals surface area contributed by atoms with Gasteiger partial charge in [0.2, 0.25) is 0 Å². The van der Waals surface area contributed by atoms with Crippen molar-refractivity contribution in [1.29, 1.82) is 0 Å². The van der Waals surface area contributed by atoms with E-state index in [1.54, 1.807) is 12.1 Å². The summed E-state index contributed by atoms with van der Waals surface area (Å²) >= 11 is 0. The summed E-state index contributed by atoms with van der Waals surface area (Å²) in [6.45, 7) is 9.76. The summed E-state index contributed by atoms with van der Waals surface area (Å²) in [7, 11) is -3.73. The minimum atomic E-state index is -3.73. The molecular weight excluding hydrogens is 436 g/mol. The molecule has 3 rings (SSSR count). The lowest BCUT2D eigenvalue weighted by molar-refractivity contribution is -0.123. The molecule has 0 fully saturated rings. The third-order valence-corrected chi connectivity index (χ3v) is 7.00. The molecule has 3 aromatic carbocycles. The van der Waals surface area contributed by atoms with Gasteiger partial charge in [-0.3, -0.25) is 9.52 Å². The van der Waals surface area contributed by atoms with Gasteiger partial charge in [-0.25, -0.2) is 8.42 Å². The Morgan fingerprint density at radius 1 is 0.879 bits per heavy atom. The molecule has 0 saturated carbocycles. The fourth-order valence-corrected chi connectivity index (χ4v) is 4.70. The molecule has 0 radical (unpaired) electrons. The first-order valence-corrected chi connectivity index (χ1v) is 12.2. The Hall–Kier alpha value is -3.32. The number of carbonyl (C=O) groups is 1. The van der Waals surface area contributed by atoms with E-state index in [1.807, 2.05) is 32.9 Å². The van der Waals surface area contributed by atoms with E-state index in [-0.39, 0.29) is 23.5 Å². The highest BCUT2D eigenvalue weighted by Gasteiger charge is 2.16. The van der Waals surface area contributed by atoms with Crippen molar-refractivity contribution in [2.75, 3.05) is 11.3 Å². The minimum Gasteiger partial charge on any atom is -0.484 e. The number of nitrogens with one attached hydrogen (secondary N) is 2. The van der Waals surface area contributed by atoms with Crippen molar-refractivity contribution < 1.29 is 17.9 Å². The van der Waals surface area contributed by atoms with Gasteiger partial charge in [-0.2, -0.15) is 0 Å². The molecule has 1 atom stereocenters. The van der Waals surface area contributed by atoms with Gasteiger partial charge in [-0.15, -0.1) is 0 Å². The Labute approximate surface area is 196 Å². The highest BCUT2D eigenvalue weighted by Crippen LogP contribution is 2.23. The molecule has 2 N–H and O–H groups in total. The van der Waals surface area contributed by atoms with Crippen LogP contribution in [-0.2, 0) is 14.8 Å². The molecular formula is C26H30N2O4S. The number of rotatable bonds is 8. The van der Waals surface area contributed by atoms with Gasteiger partial charge in [0.15, 0.2) is 6.61 Å². The van der Waals surface area contributed by atoms with Crippen molar-refractivity contribution >= 4 is 21.6 Å². The van der Waals surface area contributed by atoms with E-state index in [2.05, 4.69) is 36.0 Å². The average molecular weight is 467 g/mol. The van der Waals surface area contributed by atoms with Crippen LogP contribution in [0, 0.1) is 27.7 Å². The number of para-hydroxylation sites is 1. The number of carbonyl (C=O) groups excluding carboxylic acids is 1. The standard InChI is InChI=1S/C26H30N2O4S/c1-17-8-6-7-9-25(17)28-33(30,31)23-12-10-22(11-13-23)32-16-26(29)27-21(5)24-15-19(3)18(2)14-20(24)4/h6-15,21,28H,16H2,1-5H3,(H,27,29). The largest absolute Gasteiger partial charge is 0.484 e. The number of ether oxygens (including phenoxy) is 1. The van der Waals surface area contributed by atoms with Crippen LogP contribution in [0.25, 0.3) is 0 Å². The first-order chi connectivity index (χ1) is 15.6. The van der Waals surface area contributed by atoms with Crippen LogP contribution in [0.15, 0.2) is 65.6 Å². The lowest BCUT2D eigenvalue weighted by Gasteiger charge is -2.18. The van der Waals surface area contributed by atoms with Gasteiger partial charge in [0.05, 0.1) is 16.6 Å². The van der Waals surface area contributed by atoms with E-state index in [0.29, 0.717) is 11.4 Å². The van der Waals surface area contributed by atoms with Crippen molar-refractivity contribution in [2.45, 2.75) is 45.6 Å². The fourth-order valence-electron chi connectivity index (χ4n) is 3.57. The van der Waals surface area contributed by atoms with Crippen molar-refractivity contribution in [3.05, 3.63) is 88.5 Å². The van der Waals surface area contributed by atoms with Gasteiger partial charge >= 0.3 is 0 Å². The Balaban J connectivity index is 1.58. The molecule has 0 heterocycles. The summed E-state index contributed by atoms with van der Waals surface area (Å²) in [6.07, 6.45) is 0. The number of hydrogen-bond donors (Lipinski definition) is 2. The van der Waals surface area contributed by atoms with Gasteiger partial charge in [0, 0.05) is 0 Å². The van der Waals surface area contributed by atoms with E-state index >= 15 is 0 Å². The smallest absolute Gasteiger partial charge is 0.261 e. The normalized spacial score (nSPS) is 12.2. The number of anilines is 1. The van der Waals surface area contributed by atoms with Crippen LogP contribution in [0.5, 0.6) is 5.75 Å². The highest BCUT2D eigenvalue weighted by atomic mass is 32.2. The van der Waals surface area contributed by atoms with Gasteiger partial charge in [-0.1, -0.05) is 30.3 Å². The first-order valence-electron chi connectivity index (χ1n) is 10.8. The molecule has 0 aliphatic rings. The van der Waals surface area contributed by atoms with Gasteiger partial charge in [-0.05, 0) is 92.8 Å². The summed E-state index contributed by atoms with van der Waals surface area (Å²) in [5.74, 6) is 0.160. The van der Waals surface area contributed by atoms with Gasteiger partial charge in [0.25, 0.3) is 15.9 Å². The number of amides is 1. The second-order valence-corrected chi connectivity index (χ2v) is 9.95. The van der Waals surface area contributed by atoms with Crippen molar-refractivity contribution in [3.63, 3.8) is 0 Å². The number of sulfonamides is 1. The Bertz CT molecular complexity index is 1250. The first kappa shape index (κ1) is 24.3. The van der Waals surface area contributed by atoms with Gasteiger partial charge in [0.1, 0.15) is 5.75 Å². The minimum absolute atomic E-state index is 0.112. The molecule has 33 heavy (non-hydrogen) atoms. The van der Waals surface area contributed by atoms with E-state index in [0.717, 1.165) is 16.7 Å². The maximum absolute atomic E-state index is 12.6. The van der Waals surface area contributed by atoms with Gasteiger partial charge < -0.3 is 10.1 Å². The molecule has 0 saturated heterocycles. The molecule has 0 bridgehead atoms. The maximum Gasteiger partial charge on any atom is 0.261 e. The zero-order valence-corrected chi connectivity index (χ0v) is 20.4. The topological polar surface area (TPSA) is 84.5 Å². The van der Waals surface area contributed by atoms with E-state index in [1.165, 1.54) is 35.4 Å². The monoisotopic (exact) mass is 466 g/mol. The Kier molecular flexibility index (Phi) is 7.43. The van der Waals surface area contributed by atoms with E-state index in [4.69, 9.17) is 4.74 Å². The summed E-state index contributed by atoms with van der Waals surface area (Å²) in [4.78, 5) is 12.5. The second-order valence-electron chi connectivity index (χ2n) is 8.26. The van der Waals surface area contributed by atoms with E-state index in [9.17, 15) is 13.2 Å². The number of aryl methyl sites for hydroxylation is 4. The molecule has 1 unspecified atom stereocenters. The molecule has 0 spiro atoms. The lowest BCUT2D eigenvalue weighted by Crippen LogP contribution is -2.31. The second kappa shape index (κ2) is 10.1. The maximum atomic E-state index is 12.6. The van der Waals surface area contributed by atoms with Crippen LogP contribution in [0.1, 0.15) is 40.8 Å². The Morgan fingerprint density at radius 2 is 1.52 bits per heavy atom. The Morgan fingerprint density at radius 3 is 2.18 bits per heavy atom. The van der Waals surface area contributed by atoms with Crippen LogP contribution < -0.4 is 14.8 Å². The van der Waals surface area contributed by atoms with Crippen LogP contribution >= 0.6 is 0 Å².